The van der Waals surface area contributed by atoms with Crippen molar-refractivity contribution in [2.45, 2.75) is 4.90 Å². The van der Waals surface area contributed by atoms with Crippen molar-refractivity contribution in [1.29, 1.82) is 0 Å². The maximum atomic E-state index is 12.8. The number of hydrogen-bond donors (Lipinski definition) is 0. The van der Waals surface area contributed by atoms with Gasteiger partial charge in [0.1, 0.15) is 33.6 Å². The summed E-state index contributed by atoms with van der Waals surface area (Å²) in [6.45, 7) is 0. The highest BCUT2D eigenvalue weighted by Gasteiger charge is 2.29. The molecule has 0 saturated carbocycles. The summed E-state index contributed by atoms with van der Waals surface area (Å²) in [5.41, 5.74) is 0.879. The first kappa shape index (κ1) is 22.2. The Morgan fingerprint density at radius 1 is 0.788 bits per heavy atom. The van der Waals surface area contributed by atoms with Crippen LogP contribution in [0, 0.1) is 0 Å². The number of carbonyl (C=O) groups excluding carboxylic acids is 1. The van der Waals surface area contributed by atoms with Crippen molar-refractivity contribution in [3.8, 4) is 28.7 Å². The standard InChI is InChI=1S/C24H20O8S/c1-28-16-4-8-19(9-5-16)33(26,27)32-18-6-10-20-22(14-18)31-23(24(20)25)13-15-12-17(29-2)7-11-21(15)30-3/h4-14H,1-3H3. The number of methoxy groups -OCH3 is 3. The molecule has 1 aliphatic heterocycles. The summed E-state index contributed by atoms with van der Waals surface area (Å²) in [5.74, 6) is 1.56. The predicted octanol–water partition coefficient (Wildman–Crippen LogP) is 4.10. The lowest BCUT2D eigenvalue weighted by atomic mass is 10.1. The first-order valence-electron chi connectivity index (χ1n) is 9.73. The van der Waals surface area contributed by atoms with Gasteiger partial charge in [-0.15, -0.1) is 0 Å². The smallest absolute Gasteiger partial charge is 0.339 e. The molecule has 0 N–H and O–H groups in total. The number of allylic oxidation sites excluding steroid dienone is 1. The van der Waals surface area contributed by atoms with E-state index in [9.17, 15) is 13.2 Å². The molecule has 0 atom stereocenters. The van der Waals surface area contributed by atoms with E-state index < -0.39 is 10.1 Å². The number of benzene rings is 3. The van der Waals surface area contributed by atoms with Crippen LogP contribution in [0.25, 0.3) is 6.08 Å². The number of Topliss-reactive ketones (excluding diaryl/α,β-unsaturated/α-hetero) is 1. The van der Waals surface area contributed by atoms with E-state index in [1.807, 2.05) is 0 Å². The van der Waals surface area contributed by atoms with Crippen LogP contribution in [-0.4, -0.2) is 35.5 Å². The van der Waals surface area contributed by atoms with E-state index >= 15 is 0 Å². The molecule has 1 heterocycles. The predicted molar refractivity (Wildman–Crippen MR) is 120 cm³/mol. The van der Waals surface area contributed by atoms with Gasteiger partial charge in [-0.2, -0.15) is 8.42 Å². The van der Waals surface area contributed by atoms with Gasteiger partial charge in [0, 0.05) is 11.6 Å². The van der Waals surface area contributed by atoms with Gasteiger partial charge in [0.25, 0.3) is 0 Å². The number of rotatable bonds is 7. The second kappa shape index (κ2) is 8.87. The van der Waals surface area contributed by atoms with E-state index in [2.05, 4.69) is 0 Å². The van der Waals surface area contributed by atoms with Gasteiger partial charge in [0.2, 0.25) is 5.78 Å². The number of carbonyl (C=O) groups is 1. The van der Waals surface area contributed by atoms with Crippen molar-refractivity contribution < 1.29 is 36.3 Å². The average Bonchev–Trinajstić information content (AvgIpc) is 3.13. The molecule has 8 nitrogen and oxygen atoms in total. The van der Waals surface area contributed by atoms with E-state index in [0.717, 1.165) is 0 Å². The molecule has 170 valence electrons. The lowest BCUT2D eigenvalue weighted by Gasteiger charge is -2.09. The molecule has 0 radical (unpaired) electrons. The lowest BCUT2D eigenvalue weighted by Crippen LogP contribution is -2.09. The molecule has 0 fully saturated rings. The zero-order valence-corrected chi connectivity index (χ0v) is 18.8. The van der Waals surface area contributed by atoms with Crippen LogP contribution in [0.3, 0.4) is 0 Å². The highest BCUT2D eigenvalue weighted by molar-refractivity contribution is 7.87. The molecule has 33 heavy (non-hydrogen) atoms. The number of hydrogen-bond acceptors (Lipinski definition) is 8. The van der Waals surface area contributed by atoms with Crippen LogP contribution in [-0.2, 0) is 10.1 Å². The van der Waals surface area contributed by atoms with Gasteiger partial charge in [0.15, 0.2) is 5.76 Å². The molecule has 0 saturated heterocycles. The van der Waals surface area contributed by atoms with E-state index in [1.165, 1.54) is 69.9 Å². The fourth-order valence-corrected chi connectivity index (χ4v) is 4.15. The quantitative estimate of drug-likeness (QED) is 0.378. The number of ether oxygens (including phenoxy) is 4. The average molecular weight is 468 g/mol. The lowest BCUT2D eigenvalue weighted by molar-refractivity contribution is 0.101. The second-order valence-electron chi connectivity index (χ2n) is 6.92. The van der Waals surface area contributed by atoms with Crippen LogP contribution < -0.4 is 23.1 Å². The zero-order valence-electron chi connectivity index (χ0n) is 18.0. The Balaban J connectivity index is 1.60. The van der Waals surface area contributed by atoms with Crippen molar-refractivity contribution in [1.82, 2.24) is 0 Å². The maximum Gasteiger partial charge on any atom is 0.339 e. The van der Waals surface area contributed by atoms with Crippen molar-refractivity contribution in [3.63, 3.8) is 0 Å². The van der Waals surface area contributed by atoms with Crippen LogP contribution in [0.1, 0.15) is 15.9 Å². The molecule has 0 spiro atoms. The fraction of sp³-hybridized carbons (Fsp3) is 0.125. The van der Waals surface area contributed by atoms with Crippen molar-refractivity contribution >= 4 is 22.0 Å². The summed E-state index contributed by atoms with van der Waals surface area (Å²) in [6, 6.07) is 15.2. The molecule has 0 bridgehead atoms. The number of fused-ring (bicyclic) bond motifs is 1. The molecule has 0 unspecified atom stereocenters. The normalized spacial score (nSPS) is 13.9. The molecular formula is C24H20O8S. The Morgan fingerprint density at radius 3 is 2.12 bits per heavy atom. The number of ketones is 1. The summed E-state index contributed by atoms with van der Waals surface area (Å²) in [7, 11) is 0.448. The maximum absolute atomic E-state index is 12.8. The summed E-state index contributed by atoms with van der Waals surface area (Å²) in [5, 5.41) is 0. The van der Waals surface area contributed by atoms with Gasteiger partial charge in [-0.05, 0) is 60.7 Å². The summed E-state index contributed by atoms with van der Waals surface area (Å²) in [6.07, 6.45) is 1.54. The largest absolute Gasteiger partial charge is 0.497 e. The fourth-order valence-electron chi connectivity index (χ4n) is 3.23. The Labute approximate surface area is 191 Å². The van der Waals surface area contributed by atoms with Gasteiger partial charge in [0.05, 0.1) is 26.9 Å². The molecule has 3 aromatic carbocycles. The van der Waals surface area contributed by atoms with Gasteiger partial charge in [-0.1, -0.05) is 0 Å². The Morgan fingerprint density at radius 2 is 1.45 bits per heavy atom. The van der Waals surface area contributed by atoms with Gasteiger partial charge < -0.3 is 23.1 Å². The molecular weight excluding hydrogens is 448 g/mol. The van der Waals surface area contributed by atoms with E-state index in [1.54, 1.807) is 18.2 Å². The SMILES string of the molecule is COc1ccc(S(=O)(=O)Oc2ccc3c(c2)OC(=Cc2cc(OC)ccc2OC)C3=O)cc1. The summed E-state index contributed by atoms with van der Waals surface area (Å²) in [4.78, 5) is 12.8. The zero-order chi connectivity index (χ0) is 23.6. The van der Waals surface area contributed by atoms with Crippen molar-refractivity contribution in [2.75, 3.05) is 21.3 Å². The Bertz CT molecular complexity index is 1340. The van der Waals surface area contributed by atoms with Crippen LogP contribution >= 0.6 is 0 Å². The first-order chi connectivity index (χ1) is 15.8. The minimum absolute atomic E-state index is 0.0116. The summed E-state index contributed by atoms with van der Waals surface area (Å²) < 4.78 is 51.7. The second-order valence-corrected chi connectivity index (χ2v) is 8.46. The molecule has 1 aliphatic rings. The third-order valence-electron chi connectivity index (χ3n) is 4.92. The van der Waals surface area contributed by atoms with E-state index in [0.29, 0.717) is 22.8 Å². The van der Waals surface area contributed by atoms with Crippen LogP contribution in [0.5, 0.6) is 28.7 Å². The third-order valence-corrected chi connectivity index (χ3v) is 6.18. The molecule has 3 aromatic rings. The topological polar surface area (TPSA) is 97.4 Å². The van der Waals surface area contributed by atoms with Gasteiger partial charge in [-0.25, -0.2) is 0 Å². The molecule has 0 aromatic heterocycles. The van der Waals surface area contributed by atoms with Crippen LogP contribution in [0.2, 0.25) is 0 Å². The monoisotopic (exact) mass is 468 g/mol. The van der Waals surface area contributed by atoms with Gasteiger partial charge >= 0.3 is 10.1 Å². The minimum atomic E-state index is -4.09. The van der Waals surface area contributed by atoms with Crippen LogP contribution in [0.4, 0.5) is 0 Å². The van der Waals surface area contributed by atoms with Crippen molar-refractivity contribution in [3.05, 3.63) is 77.5 Å². The Hall–Kier alpha value is -3.98. The van der Waals surface area contributed by atoms with Crippen molar-refractivity contribution in [2.24, 2.45) is 0 Å². The molecule has 0 amide bonds. The summed E-state index contributed by atoms with van der Waals surface area (Å²) >= 11 is 0. The van der Waals surface area contributed by atoms with E-state index in [4.69, 9.17) is 23.1 Å². The highest BCUT2D eigenvalue weighted by atomic mass is 32.2. The minimum Gasteiger partial charge on any atom is -0.497 e. The van der Waals surface area contributed by atoms with Gasteiger partial charge in [-0.3, -0.25) is 4.79 Å². The Kier molecular flexibility index (Phi) is 5.97. The first-order valence-corrected chi connectivity index (χ1v) is 11.1. The van der Waals surface area contributed by atoms with E-state index in [-0.39, 0.29) is 33.5 Å². The molecule has 0 aliphatic carbocycles. The molecule has 9 heteroatoms. The third kappa shape index (κ3) is 4.49. The highest BCUT2D eigenvalue weighted by Crippen LogP contribution is 2.37. The molecule has 4 rings (SSSR count). The van der Waals surface area contributed by atoms with Crippen LogP contribution in [0.15, 0.2) is 71.3 Å².